The first kappa shape index (κ1) is 10.2. The maximum absolute atomic E-state index is 5.48. The van der Waals surface area contributed by atoms with Gasteiger partial charge in [0.2, 0.25) is 0 Å². The minimum Gasteiger partial charge on any atom is -0.330 e. The Balaban J connectivity index is 2.92. The van der Waals surface area contributed by atoms with Gasteiger partial charge in [-0.1, -0.05) is 26.8 Å². The van der Waals surface area contributed by atoms with Crippen molar-refractivity contribution in [3.05, 3.63) is 29.6 Å². The van der Waals surface area contributed by atoms with Gasteiger partial charge in [-0.25, -0.2) is 0 Å². The standard InChI is InChI=1S/C11H18N2/c1-11(2,3)10-6-4-5-9(13-10)7-8-12/h4-6H,7-8,12H2,1-3H3. The van der Waals surface area contributed by atoms with E-state index in [4.69, 9.17) is 5.73 Å². The van der Waals surface area contributed by atoms with Crippen LogP contribution in [0.4, 0.5) is 0 Å². The summed E-state index contributed by atoms with van der Waals surface area (Å²) in [5.41, 5.74) is 7.84. The molecule has 0 bridgehead atoms. The van der Waals surface area contributed by atoms with E-state index in [0.717, 1.165) is 17.8 Å². The summed E-state index contributed by atoms with van der Waals surface area (Å²) in [6, 6.07) is 6.15. The molecule has 0 atom stereocenters. The fourth-order valence-electron chi connectivity index (χ4n) is 1.18. The lowest BCUT2D eigenvalue weighted by Gasteiger charge is -2.18. The fourth-order valence-corrected chi connectivity index (χ4v) is 1.18. The van der Waals surface area contributed by atoms with Crippen molar-refractivity contribution in [2.45, 2.75) is 32.6 Å². The lowest BCUT2D eigenvalue weighted by Crippen LogP contribution is -2.15. The zero-order valence-electron chi connectivity index (χ0n) is 8.67. The summed E-state index contributed by atoms with van der Waals surface area (Å²) >= 11 is 0. The molecule has 1 aromatic rings. The Hall–Kier alpha value is -0.890. The normalized spacial score (nSPS) is 11.7. The zero-order valence-corrected chi connectivity index (χ0v) is 8.67. The molecule has 0 unspecified atom stereocenters. The summed E-state index contributed by atoms with van der Waals surface area (Å²) in [4.78, 5) is 4.55. The van der Waals surface area contributed by atoms with Gasteiger partial charge in [-0.15, -0.1) is 0 Å². The number of pyridine rings is 1. The molecule has 2 N–H and O–H groups in total. The third kappa shape index (κ3) is 2.81. The zero-order chi connectivity index (χ0) is 9.90. The van der Waals surface area contributed by atoms with E-state index in [0.29, 0.717) is 6.54 Å². The molecule has 2 heteroatoms. The van der Waals surface area contributed by atoms with Crippen LogP contribution in [0.1, 0.15) is 32.2 Å². The first-order chi connectivity index (χ1) is 6.04. The van der Waals surface area contributed by atoms with Gasteiger partial charge in [0.1, 0.15) is 0 Å². The van der Waals surface area contributed by atoms with Gasteiger partial charge in [-0.3, -0.25) is 4.98 Å². The predicted octanol–water partition coefficient (Wildman–Crippen LogP) is 1.88. The van der Waals surface area contributed by atoms with Gasteiger partial charge in [-0.2, -0.15) is 0 Å². The highest BCUT2D eigenvalue weighted by molar-refractivity contribution is 5.17. The largest absolute Gasteiger partial charge is 0.330 e. The molecule has 0 aliphatic rings. The van der Waals surface area contributed by atoms with E-state index in [1.165, 1.54) is 0 Å². The molecule has 0 aliphatic carbocycles. The highest BCUT2D eigenvalue weighted by atomic mass is 14.7. The molecule has 1 heterocycles. The van der Waals surface area contributed by atoms with Crippen molar-refractivity contribution in [2.75, 3.05) is 6.54 Å². The molecule has 0 fully saturated rings. The SMILES string of the molecule is CC(C)(C)c1cccc(CCN)n1. The molecule has 0 radical (unpaired) electrons. The minimum atomic E-state index is 0.130. The summed E-state index contributed by atoms with van der Waals surface area (Å²) in [7, 11) is 0. The molecule has 13 heavy (non-hydrogen) atoms. The summed E-state index contributed by atoms with van der Waals surface area (Å²) in [6.45, 7) is 7.17. The number of rotatable bonds is 2. The minimum absolute atomic E-state index is 0.130. The van der Waals surface area contributed by atoms with Gasteiger partial charge in [0.05, 0.1) is 0 Å². The number of aromatic nitrogens is 1. The quantitative estimate of drug-likeness (QED) is 0.751. The van der Waals surface area contributed by atoms with Gasteiger partial charge in [-0.05, 0) is 18.7 Å². The van der Waals surface area contributed by atoms with Crippen LogP contribution in [0.2, 0.25) is 0 Å². The van der Waals surface area contributed by atoms with E-state index in [-0.39, 0.29) is 5.41 Å². The highest BCUT2D eigenvalue weighted by Gasteiger charge is 2.14. The molecule has 1 aromatic heterocycles. The lowest BCUT2D eigenvalue weighted by atomic mass is 9.91. The van der Waals surface area contributed by atoms with Crippen LogP contribution >= 0.6 is 0 Å². The molecule has 0 saturated heterocycles. The van der Waals surface area contributed by atoms with E-state index in [9.17, 15) is 0 Å². The summed E-state index contributed by atoms with van der Waals surface area (Å²) in [6.07, 6.45) is 0.865. The van der Waals surface area contributed by atoms with Crippen LogP contribution in [-0.4, -0.2) is 11.5 Å². The molecule has 1 rings (SSSR count). The second-order valence-electron chi connectivity index (χ2n) is 4.30. The molecule has 0 spiro atoms. The Kier molecular flexibility index (Phi) is 3.04. The summed E-state index contributed by atoms with van der Waals surface area (Å²) in [5, 5.41) is 0. The van der Waals surface area contributed by atoms with Crippen molar-refractivity contribution in [3.63, 3.8) is 0 Å². The van der Waals surface area contributed by atoms with Crippen LogP contribution in [0.3, 0.4) is 0 Å². The van der Waals surface area contributed by atoms with Crippen LogP contribution in [0.25, 0.3) is 0 Å². The average Bonchev–Trinajstić information content (AvgIpc) is 2.04. The van der Waals surface area contributed by atoms with Crippen molar-refractivity contribution >= 4 is 0 Å². The van der Waals surface area contributed by atoms with Crippen LogP contribution in [0.15, 0.2) is 18.2 Å². The smallest absolute Gasteiger partial charge is 0.0460 e. The fraction of sp³-hybridized carbons (Fsp3) is 0.545. The highest BCUT2D eigenvalue weighted by Crippen LogP contribution is 2.19. The van der Waals surface area contributed by atoms with Gasteiger partial charge in [0.15, 0.2) is 0 Å². The van der Waals surface area contributed by atoms with Crippen LogP contribution in [-0.2, 0) is 11.8 Å². The Morgan fingerprint density at radius 1 is 1.31 bits per heavy atom. The Bertz CT molecular complexity index is 274. The molecule has 2 nitrogen and oxygen atoms in total. The molecular formula is C11H18N2. The van der Waals surface area contributed by atoms with E-state index >= 15 is 0 Å². The van der Waals surface area contributed by atoms with E-state index in [1.807, 2.05) is 6.07 Å². The van der Waals surface area contributed by atoms with Crippen LogP contribution in [0.5, 0.6) is 0 Å². The molecule has 0 aliphatic heterocycles. The van der Waals surface area contributed by atoms with Crippen molar-refractivity contribution in [1.29, 1.82) is 0 Å². The van der Waals surface area contributed by atoms with Crippen molar-refractivity contribution in [2.24, 2.45) is 5.73 Å². The third-order valence-corrected chi connectivity index (χ3v) is 1.98. The van der Waals surface area contributed by atoms with Crippen molar-refractivity contribution in [3.8, 4) is 0 Å². The maximum Gasteiger partial charge on any atom is 0.0460 e. The van der Waals surface area contributed by atoms with Crippen LogP contribution in [0, 0.1) is 0 Å². The van der Waals surface area contributed by atoms with Crippen molar-refractivity contribution < 1.29 is 0 Å². The summed E-state index contributed by atoms with van der Waals surface area (Å²) in [5.74, 6) is 0. The van der Waals surface area contributed by atoms with E-state index in [1.54, 1.807) is 0 Å². The number of hydrogen-bond donors (Lipinski definition) is 1. The first-order valence-corrected chi connectivity index (χ1v) is 4.70. The predicted molar refractivity (Wildman–Crippen MR) is 55.7 cm³/mol. The Labute approximate surface area is 80.2 Å². The van der Waals surface area contributed by atoms with E-state index < -0.39 is 0 Å². The third-order valence-electron chi connectivity index (χ3n) is 1.98. The second kappa shape index (κ2) is 3.88. The van der Waals surface area contributed by atoms with Gasteiger partial charge in [0, 0.05) is 23.2 Å². The Morgan fingerprint density at radius 2 is 2.00 bits per heavy atom. The van der Waals surface area contributed by atoms with E-state index in [2.05, 4.69) is 37.9 Å². The van der Waals surface area contributed by atoms with Gasteiger partial charge < -0.3 is 5.73 Å². The molecule has 0 saturated carbocycles. The molecule has 72 valence electrons. The average molecular weight is 178 g/mol. The lowest BCUT2D eigenvalue weighted by molar-refractivity contribution is 0.565. The number of nitrogens with zero attached hydrogens (tertiary/aromatic N) is 1. The maximum atomic E-state index is 5.48. The molecule has 0 amide bonds. The monoisotopic (exact) mass is 178 g/mol. The first-order valence-electron chi connectivity index (χ1n) is 4.70. The van der Waals surface area contributed by atoms with Gasteiger partial charge >= 0.3 is 0 Å². The number of hydrogen-bond acceptors (Lipinski definition) is 2. The molecular weight excluding hydrogens is 160 g/mol. The topological polar surface area (TPSA) is 38.9 Å². The number of nitrogens with two attached hydrogens (primary N) is 1. The van der Waals surface area contributed by atoms with Crippen molar-refractivity contribution in [1.82, 2.24) is 4.98 Å². The molecule has 0 aromatic carbocycles. The second-order valence-corrected chi connectivity index (χ2v) is 4.30. The summed E-state index contributed by atoms with van der Waals surface area (Å²) < 4.78 is 0. The van der Waals surface area contributed by atoms with Gasteiger partial charge in [0.25, 0.3) is 0 Å². The van der Waals surface area contributed by atoms with Crippen LogP contribution < -0.4 is 5.73 Å². The Morgan fingerprint density at radius 3 is 2.54 bits per heavy atom.